The van der Waals surface area contributed by atoms with E-state index in [-0.39, 0.29) is 11.4 Å². The highest BCUT2D eigenvalue weighted by molar-refractivity contribution is 6.17. The molecule has 14 heavy (non-hydrogen) atoms. The molecule has 0 fully saturated rings. The quantitative estimate of drug-likeness (QED) is 0.771. The van der Waals surface area contributed by atoms with E-state index in [0.29, 0.717) is 0 Å². The lowest BCUT2D eigenvalue weighted by Crippen LogP contribution is -2.17. The summed E-state index contributed by atoms with van der Waals surface area (Å²) in [5.74, 6) is -0.166. The molecule has 6 heteroatoms. The molecule has 1 aromatic heterocycles. The van der Waals surface area contributed by atoms with Crippen LogP contribution in [0.5, 0.6) is 0 Å². The lowest BCUT2D eigenvalue weighted by Gasteiger charge is -2.03. The number of aromatic amines is 1. The van der Waals surface area contributed by atoms with E-state index in [0.717, 1.165) is 0 Å². The van der Waals surface area contributed by atoms with Gasteiger partial charge in [0.1, 0.15) is 11.8 Å². The van der Waals surface area contributed by atoms with Crippen LogP contribution in [0.25, 0.3) is 0 Å². The van der Waals surface area contributed by atoms with Gasteiger partial charge in [-0.15, -0.1) is 11.6 Å². The number of nitriles is 1. The minimum atomic E-state index is -2.98. The third-order valence-electron chi connectivity index (χ3n) is 1.67. The first-order valence-electron chi connectivity index (χ1n) is 3.60. The summed E-state index contributed by atoms with van der Waals surface area (Å²) in [6.07, 6.45) is -1.81. The highest BCUT2D eigenvalue weighted by Crippen LogP contribution is 2.18. The van der Waals surface area contributed by atoms with Crippen molar-refractivity contribution >= 4 is 11.6 Å². The van der Waals surface area contributed by atoms with Gasteiger partial charge in [0.2, 0.25) is 0 Å². The van der Waals surface area contributed by atoms with Crippen molar-refractivity contribution < 1.29 is 8.78 Å². The van der Waals surface area contributed by atoms with Crippen LogP contribution < -0.4 is 5.43 Å². The Labute approximate surface area is 82.9 Å². The molecule has 0 spiro atoms. The number of halogens is 3. The summed E-state index contributed by atoms with van der Waals surface area (Å²) < 4.78 is 24.8. The molecule has 3 nitrogen and oxygen atoms in total. The van der Waals surface area contributed by atoms with Crippen LogP contribution in [0.15, 0.2) is 11.0 Å². The number of hydrogen-bond donors (Lipinski definition) is 1. The lowest BCUT2D eigenvalue weighted by molar-refractivity contribution is 0.149. The summed E-state index contributed by atoms with van der Waals surface area (Å²) in [5.41, 5.74) is -2.07. The van der Waals surface area contributed by atoms with Gasteiger partial charge in [-0.25, -0.2) is 8.78 Å². The Balaban J connectivity index is 3.50. The van der Waals surface area contributed by atoms with Crippen LogP contribution in [0.4, 0.5) is 8.78 Å². The molecule has 1 aromatic rings. The van der Waals surface area contributed by atoms with Crippen LogP contribution in [0.2, 0.25) is 0 Å². The van der Waals surface area contributed by atoms with E-state index in [4.69, 9.17) is 16.9 Å². The molecular formula is C8H5ClF2N2O. The largest absolute Gasteiger partial charge is 0.352 e. The molecule has 0 bridgehead atoms. The number of nitrogens with zero attached hydrogens (tertiary/aromatic N) is 1. The second-order valence-corrected chi connectivity index (χ2v) is 2.75. The maximum Gasteiger partial charge on any atom is 0.270 e. The first-order chi connectivity index (χ1) is 6.61. The molecule has 1 heterocycles. The average molecular weight is 219 g/mol. The van der Waals surface area contributed by atoms with Crippen molar-refractivity contribution in [1.29, 1.82) is 5.26 Å². The normalized spacial score (nSPS) is 10.2. The fourth-order valence-corrected chi connectivity index (χ4v) is 1.19. The molecule has 0 aliphatic heterocycles. The minimum absolute atomic E-state index is 0.0287. The van der Waals surface area contributed by atoms with Gasteiger partial charge < -0.3 is 4.98 Å². The maximum atomic E-state index is 12.4. The predicted octanol–water partition coefficient (Wildman–Crippen LogP) is 1.92. The van der Waals surface area contributed by atoms with Crippen molar-refractivity contribution in [3.05, 3.63) is 33.2 Å². The van der Waals surface area contributed by atoms with E-state index >= 15 is 0 Å². The molecule has 0 radical (unpaired) electrons. The SMILES string of the molecule is N#Cc1[nH]cc(CCl)c(=O)c1C(F)F. The number of H-pyrrole nitrogens is 1. The molecule has 0 aliphatic rings. The van der Waals surface area contributed by atoms with Crippen molar-refractivity contribution in [1.82, 2.24) is 4.98 Å². The number of rotatable bonds is 2. The highest BCUT2D eigenvalue weighted by Gasteiger charge is 2.19. The Morgan fingerprint density at radius 1 is 1.64 bits per heavy atom. The summed E-state index contributed by atoms with van der Waals surface area (Å²) in [6, 6.07) is 1.49. The Bertz CT molecular complexity index is 436. The molecule has 0 amide bonds. The van der Waals surface area contributed by atoms with Gasteiger partial charge in [-0.3, -0.25) is 4.79 Å². The molecule has 74 valence electrons. The van der Waals surface area contributed by atoms with E-state index in [2.05, 4.69) is 4.98 Å². The molecule has 0 unspecified atom stereocenters. The zero-order valence-corrected chi connectivity index (χ0v) is 7.61. The number of aromatic nitrogens is 1. The number of hydrogen-bond acceptors (Lipinski definition) is 2. The Morgan fingerprint density at radius 3 is 2.71 bits per heavy atom. The van der Waals surface area contributed by atoms with Crippen molar-refractivity contribution in [2.24, 2.45) is 0 Å². The Hall–Kier alpha value is -1.41. The van der Waals surface area contributed by atoms with Crippen molar-refractivity contribution in [2.75, 3.05) is 0 Å². The standard InChI is InChI=1S/C8H5ClF2N2O/c9-1-4-3-13-5(2-12)6(7(4)14)8(10)11/h3,8H,1H2,(H,13,14). The van der Waals surface area contributed by atoms with Gasteiger partial charge in [-0.1, -0.05) is 0 Å². The molecule has 0 aliphatic carbocycles. The topological polar surface area (TPSA) is 56.6 Å². The van der Waals surface area contributed by atoms with Crippen molar-refractivity contribution in [2.45, 2.75) is 12.3 Å². The molecule has 0 saturated heterocycles. The van der Waals surface area contributed by atoms with Gasteiger partial charge in [0, 0.05) is 11.8 Å². The summed E-state index contributed by atoms with van der Waals surface area (Å²) in [6.45, 7) is 0. The van der Waals surface area contributed by atoms with E-state index in [1.54, 1.807) is 0 Å². The third-order valence-corrected chi connectivity index (χ3v) is 1.96. The van der Waals surface area contributed by atoms with Crippen LogP contribution in [-0.2, 0) is 5.88 Å². The van der Waals surface area contributed by atoms with Gasteiger partial charge in [-0.2, -0.15) is 5.26 Å². The van der Waals surface area contributed by atoms with E-state index in [1.807, 2.05) is 0 Å². The van der Waals surface area contributed by atoms with Gasteiger partial charge in [0.25, 0.3) is 6.43 Å². The fraction of sp³-hybridized carbons (Fsp3) is 0.250. The average Bonchev–Trinajstić information content (AvgIpc) is 2.16. The lowest BCUT2D eigenvalue weighted by atomic mass is 10.1. The van der Waals surface area contributed by atoms with Crippen LogP contribution in [-0.4, -0.2) is 4.98 Å². The van der Waals surface area contributed by atoms with E-state index in [9.17, 15) is 13.6 Å². The fourth-order valence-electron chi connectivity index (χ4n) is 0.989. The molecule has 1 rings (SSSR count). The smallest absolute Gasteiger partial charge is 0.270 e. The van der Waals surface area contributed by atoms with Crippen molar-refractivity contribution in [3.8, 4) is 6.07 Å². The summed E-state index contributed by atoms with van der Waals surface area (Å²) in [4.78, 5) is 13.6. The zero-order chi connectivity index (χ0) is 10.7. The number of alkyl halides is 3. The van der Waals surface area contributed by atoms with Gasteiger partial charge in [0.15, 0.2) is 5.43 Å². The molecule has 0 atom stereocenters. The zero-order valence-electron chi connectivity index (χ0n) is 6.85. The second-order valence-electron chi connectivity index (χ2n) is 2.48. The molecule has 1 N–H and O–H groups in total. The van der Waals surface area contributed by atoms with Gasteiger partial charge >= 0.3 is 0 Å². The summed E-state index contributed by atoms with van der Waals surface area (Å²) >= 11 is 5.36. The van der Waals surface area contributed by atoms with Crippen LogP contribution in [0.1, 0.15) is 23.2 Å². The first-order valence-corrected chi connectivity index (χ1v) is 4.14. The minimum Gasteiger partial charge on any atom is -0.352 e. The summed E-state index contributed by atoms with van der Waals surface area (Å²) in [5, 5.41) is 8.47. The monoisotopic (exact) mass is 218 g/mol. The van der Waals surface area contributed by atoms with Gasteiger partial charge in [0.05, 0.1) is 11.4 Å². The maximum absolute atomic E-state index is 12.4. The van der Waals surface area contributed by atoms with Crippen LogP contribution in [0, 0.1) is 11.3 Å². The second kappa shape index (κ2) is 4.20. The van der Waals surface area contributed by atoms with Crippen LogP contribution in [0.3, 0.4) is 0 Å². The number of pyridine rings is 1. The molecular weight excluding hydrogens is 214 g/mol. The predicted molar refractivity (Wildman–Crippen MR) is 46.3 cm³/mol. The van der Waals surface area contributed by atoms with Gasteiger partial charge in [-0.05, 0) is 0 Å². The highest BCUT2D eigenvalue weighted by atomic mass is 35.5. The van der Waals surface area contributed by atoms with E-state index < -0.39 is 23.1 Å². The third kappa shape index (κ3) is 1.75. The first kappa shape index (κ1) is 10.7. The van der Waals surface area contributed by atoms with E-state index in [1.165, 1.54) is 12.3 Å². The molecule has 0 saturated carbocycles. The summed E-state index contributed by atoms with van der Waals surface area (Å²) in [7, 11) is 0. The van der Waals surface area contributed by atoms with Crippen LogP contribution >= 0.6 is 11.6 Å². The number of nitrogens with one attached hydrogen (secondary N) is 1. The Kier molecular flexibility index (Phi) is 3.20. The van der Waals surface area contributed by atoms with Crippen molar-refractivity contribution in [3.63, 3.8) is 0 Å². The molecule has 0 aromatic carbocycles. The Morgan fingerprint density at radius 2 is 2.29 bits per heavy atom.